The quantitative estimate of drug-likeness (QED) is 0.573. The van der Waals surface area contributed by atoms with E-state index in [9.17, 15) is 9.90 Å². The molecule has 0 saturated heterocycles. The summed E-state index contributed by atoms with van der Waals surface area (Å²) in [5, 5.41) is 10.3. The van der Waals surface area contributed by atoms with E-state index in [0.717, 1.165) is 15.6 Å². The third-order valence-electron chi connectivity index (χ3n) is 3.02. The van der Waals surface area contributed by atoms with Crippen LogP contribution in [-0.2, 0) is 11.3 Å². The first-order valence-electron chi connectivity index (χ1n) is 6.36. The number of phenols is 1. The Morgan fingerprint density at radius 2 is 2.05 bits per heavy atom. The van der Waals surface area contributed by atoms with Crippen molar-refractivity contribution in [2.24, 2.45) is 0 Å². The fraction of sp³-hybridized carbons (Fsp3) is 0.0625. The Bertz CT molecular complexity index is 810. The maximum absolute atomic E-state index is 12.1. The summed E-state index contributed by atoms with van der Waals surface area (Å²) in [6.45, 7) is 0.129. The van der Waals surface area contributed by atoms with Crippen molar-refractivity contribution in [3.63, 3.8) is 0 Å². The highest BCUT2D eigenvalue weighted by Gasteiger charge is 2.12. The number of hydrogen-bond donors (Lipinski definition) is 2. The minimum absolute atomic E-state index is 0.129. The minimum atomic E-state index is -0.377. The lowest BCUT2D eigenvalue weighted by atomic mass is 10.2. The van der Waals surface area contributed by atoms with E-state index in [2.05, 4.69) is 0 Å². The van der Waals surface area contributed by atoms with Gasteiger partial charge < -0.3 is 15.6 Å². The summed E-state index contributed by atoms with van der Waals surface area (Å²) < 4.78 is 6.25. The number of fused-ring (bicyclic) bond motifs is 1. The number of esters is 1. The zero-order chi connectivity index (χ0) is 14.8. The van der Waals surface area contributed by atoms with Gasteiger partial charge >= 0.3 is 5.97 Å². The van der Waals surface area contributed by atoms with Crippen molar-refractivity contribution in [2.45, 2.75) is 6.61 Å². The number of carbonyl (C=O) groups is 1. The lowest BCUT2D eigenvalue weighted by Gasteiger charge is -2.03. The van der Waals surface area contributed by atoms with Crippen molar-refractivity contribution in [1.29, 1.82) is 0 Å². The van der Waals surface area contributed by atoms with Crippen LogP contribution in [0.25, 0.3) is 10.1 Å². The Morgan fingerprint density at radius 3 is 2.86 bits per heavy atom. The highest BCUT2D eigenvalue weighted by atomic mass is 32.1. The summed E-state index contributed by atoms with van der Waals surface area (Å²) in [7, 11) is 0. The van der Waals surface area contributed by atoms with Crippen molar-refractivity contribution >= 4 is 33.1 Å². The van der Waals surface area contributed by atoms with Crippen molar-refractivity contribution in [2.75, 3.05) is 5.73 Å². The summed E-state index contributed by atoms with van der Waals surface area (Å²) in [6, 6.07) is 13.9. The number of anilines is 1. The van der Waals surface area contributed by atoms with Crippen LogP contribution >= 0.6 is 11.3 Å². The topological polar surface area (TPSA) is 72.6 Å². The van der Waals surface area contributed by atoms with Gasteiger partial charge in [0.2, 0.25) is 0 Å². The molecule has 106 valence electrons. The van der Waals surface area contributed by atoms with Crippen LogP contribution in [0.1, 0.15) is 15.2 Å². The second-order valence-electron chi connectivity index (χ2n) is 4.65. The molecule has 2 aromatic carbocycles. The molecule has 0 aliphatic rings. The number of aromatic hydroxyl groups is 1. The number of carbonyl (C=O) groups excluding carboxylic acids is 1. The third kappa shape index (κ3) is 2.98. The average Bonchev–Trinajstić information content (AvgIpc) is 2.88. The summed E-state index contributed by atoms with van der Waals surface area (Å²) in [4.78, 5) is 12.6. The first-order chi connectivity index (χ1) is 10.1. The molecule has 0 bridgehead atoms. The molecule has 21 heavy (non-hydrogen) atoms. The number of rotatable bonds is 3. The summed E-state index contributed by atoms with van der Waals surface area (Å²) >= 11 is 1.37. The Labute approximate surface area is 125 Å². The van der Waals surface area contributed by atoms with Gasteiger partial charge in [-0.1, -0.05) is 12.1 Å². The Morgan fingerprint density at radius 1 is 1.19 bits per heavy atom. The van der Waals surface area contributed by atoms with E-state index in [4.69, 9.17) is 10.5 Å². The first-order valence-corrected chi connectivity index (χ1v) is 7.17. The zero-order valence-electron chi connectivity index (χ0n) is 11.1. The number of phenolic OH excluding ortho intramolecular Hbond substituents is 1. The Balaban J connectivity index is 1.74. The zero-order valence-corrected chi connectivity index (χ0v) is 11.9. The Kier molecular flexibility index (Phi) is 3.50. The highest BCUT2D eigenvalue weighted by Crippen LogP contribution is 2.28. The predicted molar refractivity (Wildman–Crippen MR) is 83.5 cm³/mol. The van der Waals surface area contributed by atoms with Crippen LogP contribution in [0, 0.1) is 0 Å². The average molecular weight is 299 g/mol. The standard InChI is InChI=1S/C16H13NO3S/c17-12-4-5-14-11(7-12)8-15(21-14)16(19)20-9-10-2-1-3-13(18)6-10/h1-8,18H,9,17H2. The van der Waals surface area contributed by atoms with E-state index < -0.39 is 0 Å². The molecule has 0 amide bonds. The van der Waals surface area contributed by atoms with E-state index in [0.29, 0.717) is 10.6 Å². The lowest BCUT2D eigenvalue weighted by molar-refractivity contribution is 0.0478. The van der Waals surface area contributed by atoms with Gasteiger partial charge in [-0.15, -0.1) is 11.3 Å². The van der Waals surface area contributed by atoms with Gasteiger partial charge in [-0.25, -0.2) is 4.79 Å². The molecule has 0 aliphatic carbocycles. The number of benzene rings is 2. The van der Waals surface area contributed by atoms with Crippen LogP contribution in [0.5, 0.6) is 5.75 Å². The second kappa shape index (κ2) is 5.46. The molecule has 4 nitrogen and oxygen atoms in total. The number of hydrogen-bond acceptors (Lipinski definition) is 5. The normalized spacial score (nSPS) is 10.7. The van der Waals surface area contributed by atoms with E-state index in [-0.39, 0.29) is 18.3 Å². The Hall–Kier alpha value is -2.53. The van der Waals surface area contributed by atoms with Crippen LogP contribution in [-0.4, -0.2) is 11.1 Å². The summed E-state index contributed by atoms with van der Waals surface area (Å²) in [5.74, 6) is -0.223. The smallest absolute Gasteiger partial charge is 0.348 e. The summed E-state index contributed by atoms with van der Waals surface area (Å²) in [6.07, 6.45) is 0. The van der Waals surface area contributed by atoms with E-state index in [1.165, 1.54) is 11.3 Å². The third-order valence-corrected chi connectivity index (χ3v) is 4.12. The molecule has 3 N–H and O–H groups in total. The van der Waals surface area contributed by atoms with E-state index in [1.807, 2.05) is 12.1 Å². The molecular weight excluding hydrogens is 286 g/mol. The molecule has 5 heteroatoms. The van der Waals surface area contributed by atoms with Crippen LogP contribution in [0.2, 0.25) is 0 Å². The maximum Gasteiger partial charge on any atom is 0.348 e. The maximum atomic E-state index is 12.1. The molecule has 0 aliphatic heterocycles. The molecule has 0 saturated carbocycles. The van der Waals surface area contributed by atoms with Crippen molar-refractivity contribution < 1.29 is 14.6 Å². The molecule has 1 heterocycles. The fourth-order valence-electron chi connectivity index (χ4n) is 2.03. The van der Waals surface area contributed by atoms with Crippen LogP contribution in [0.15, 0.2) is 48.5 Å². The molecule has 3 rings (SSSR count). The summed E-state index contributed by atoms with van der Waals surface area (Å²) in [5.41, 5.74) is 7.13. The van der Waals surface area contributed by atoms with Gasteiger partial charge in [-0.3, -0.25) is 0 Å². The fourth-order valence-corrected chi connectivity index (χ4v) is 2.97. The van der Waals surface area contributed by atoms with Crippen LogP contribution in [0.4, 0.5) is 5.69 Å². The molecule has 1 aromatic heterocycles. The highest BCUT2D eigenvalue weighted by molar-refractivity contribution is 7.20. The number of nitrogens with two attached hydrogens (primary N) is 1. The first kappa shape index (κ1) is 13.5. The van der Waals surface area contributed by atoms with Gasteiger partial charge in [0.05, 0.1) is 0 Å². The predicted octanol–water partition coefficient (Wildman–Crippen LogP) is 3.55. The SMILES string of the molecule is Nc1ccc2sc(C(=O)OCc3cccc(O)c3)cc2c1. The van der Waals surface area contributed by atoms with Crippen molar-refractivity contribution in [1.82, 2.24) is 0 Å². The van der Waals surface area contributed by atoms with Gasteiger partial charge in [0.25, 0.3) is 0 Å². The second-order valence-corrected chi connectivity index (χ2v) is 5.74. The van der Waals surface area contributed by atoms with Gasteiger partial charge in [-0.2, -0.15) is 0 Å². The number of nitrogen functional groups attached to an aromatic ring is 1. The molecular formula is C16H13NO3S. The molecule has 0 radical (unpaired) electrons. The van der Waals surface area contributed by atoms with Crippen LogP contribution < -0.4 is 5.73 Å². The van der Waals surface area contributed by atoms with Crippen LogP contribution in [0.3, 0.4) is 0 Å². The molecule has 0 unspecified atom stereocenters. The largest absolute Gasteiger partial charge is 0.508 e. The van der Waals surface area contributed by atoms with Crippen molar-refractivity contribution in [3.8, 4) is 5.75 Å². The molecule has 0 atom stereocenters. The van der Waals surface area contributed by atoms with Gasteiger partial charge in [0.1, 0.15) is 17.2 Å². The number of ether oxygens (including phenoxy) is 1. The molecule has 3 aromatic rings. The minimum Gasteiger partial charge on any atom is -0.508 e. The van der Waals surface area contributed by atoms with E-state index in [1.54, 1.807) is 36.4 Å². The monoisotopic (exact) mass is 299 g/mol. The lowest BCUT2D eigenvalue weighted by Crippen LogP contribution is -2.02. The van der Waals surface area contributed by atoms with E-state index >= 15 is 0 Å². The van der Waals surface area contributed by atoms with Gasteiger partial charge in [-0.05, 0) is 47.3 Å². The molecule has 0 fully saturated rings. The van der Waals surface area contributed by atoms with Crippen molar-refractivity contribution in [3.05, 3.63) is 59.0 Å². The van der Waals surface area contributed by atoms with Gasteiger partial charge in [0, 0.05) is 10.4 Å². The number of thiophene rings is 1. The molecule has 0 spiro atoms. The van der Waals surface area contributed by atoms with Gasteiger partial charge in [0.15, 0.2) is 0 Å².